The van der Waals surface area contributed by atoms with Gasteiger partial charge < -0.3 is 10.4 Å². The van der Waals surface area contributed by atoms with E-state index in [-0.39, 0.29) is 11.8 Å². The first kappa shape index (κ1) is 12.9. The zero-order valence-corrected chi connectivity index (χ0v) is 12.9. The summed E-state index contributed by atoms with van der Waals surface area (Å²) in [5, 5.41) is 13.2. The first-order valence-electron chi connectivity index (χ1n) is 5.77. The predicted octanol–water partition coefficient (Wildman–Crippen LogP) is 4.77. The van der Waals surface area contributed by atoms with Crippen molar-refractivity contribution in [3.8, 4) is 5.75 Å². The Morgan fingerprint density at radius 2 is 1.95 bits per heavy atom. The maximum atomic E-state index is 14.0. The Balaban J connectivity index is 1.99. The van der Waals surface area contributed by atoms with Gasteiger partial charge in [0.25, 0.3) is 0 Å². The van der Waals surface area contributed by atoms with E-state index in [4.69, 9.17) is 0 Å². The van der Waals surface area contributed by atoms with E-state index in [0.29, 0.717) is 16.5 Å². The van der Waals surface area contributed by atoms with Gasteiger partial charge in [0.05, 0.1) is 11.6 Å². The Morgan fingerprint density at radius 3 is 2.68 bits per heavy atom. The molecule has 3 rings (SSSR count). The van der Waals surface area contributed by atoms with Crippen LogP contribution in [0, 0.1) is 5.82 Å². The molecular weight excluding hydrogens is 377 g/mol. The largest absolute Gasteiger partial charge is 0.507 e. The number of phenolic OH excluding ortho intramolecular Hbond substituents is 1. The minimum absolute atomic E-state index is 0.0313. The summed E-state index contributed by atoms with van der Waals surface area (Å²) < 4.78 is 15.6. The van der Waals surface area contributed by atoms with Crippen LogP contribution in [0.3, 0.4) is 0 Å². The summed E-state index contributed by atoms with van der Waals surface area (Å²) in [7, 11) is 0. The van der Waals surface area contributed by atoms with E-state index in [1.54, 1.807) is 0 Å². The third kappa shape index (κ3) is 2.37. The number of hydrogen-bond donors (Lipinski definition) is 2. The van der Waals surface area contributed by atoms with E-state index in [9.17, 15) is 9.50 Å². The van der Waals surface area contributed by atoms with Gasteiger partial charge in [0, 0.05) is 14.6 Å². The molecule has 1 aliphatic rings. The lowest BCUT2D eigenvalue weighted by molar-refractivity contribution is 0.452. The standard InChI is InChI=1S/C14H10Br2FNO/c15-8-1-2-11-7(3-8)4-12(18-11)14-10(17)5-9(16)6-13(14)19/h1-3,5-6,12,18-19H,4H2. The summed E-state index contributed by atoms with van der Waals surface area (Å²) >= 11 is 6.59. The number of hydrogen-bond acceptors (Lipinski definition) is 2. The van der Waals surface area contributed by atoms with Gasteiger partial charge in [-0.05, 0) is 42.3 Å². The molecule has 0 aliphatic carbocycles. The predicted molar refractivity (Wildman–Crippen MR) is 80.0 cm³/mol. The molecule has 2 N–H and O–H groups in total. The van der Waals surface area contributed by atoms with Crippen molar-refractivity contribution in [3.63, 3.8) is 0 Å². The molecule has 1 heterocycles. The van der Waals surface area contributed by atoms with Crippen LogP contribution in [0.4, 0.5) is 10.1 Å². The van der Waals surface area contributed by atoms with Gasteiger partial charge in [0.1, 0.15) is 11.6 Å². The van der Waals surface area contributed by atoms with Gasteiger partial charge in [-0.25, -0.2) is 4.39 Å². The first-order valence-corrected chi connectivity index (χ1v) is 7.36. The van der Waals surface area contributed by atoms with Crippen LogP contribution in [0.1, 0.15) is 17.2 Å². The second-order valence-electron chi connectivity index (χ2n) is 4.52. The number of nitrogens with one attached hydrogen (secondary N) is 1. The molecule has 1 aliphatic heterocycles. The molecule has 1 atom stereocenters. The van der Waals surface area contributed by atoms with Crippen molar-refractivity contribution in [3.05, 3.63) is 56.2 Å². The van der Waals surface area contributed by atoms with E-state index in [1.165, 1.54) is 12.1 Å². The fourth-order valence-corrected chi connectivity index (χ4v) is 3.25. The van der Waals surface area contributed by atoms with Gasteiger partial charge in [-0.15, -0.1) is 0 Å². The van der Waals surface area contributed by atoms with Crippen molar-refractivity contribution in [1.82, 2.24) is 0 Å². The number of anilines is 1. The van der Waals surface area contributed by atoms with Crippen molar-refractivity contribution in [2.45, 2.75) is 12.5 Å². The Kier molecular flexibility index (Phi) is 3.27. The molecule has 0 amide bonds. The van der Waals surface area contributed by atoms with E-state index < -0.39 is 5.82 Å². The number of benzene rings is 2. The molecule has 0 radical (unpaired) electrons. The summed E-state index contributed by atoms with van der Waals surface area (Å²) in [6.07, 6.45) is 0.654. The molecule has 19 heavy (non-hydrogen) atoms. The third-order valence-corrected chi connectivity index (χ3v) is 4.19. The fraction of sp³-hybridized carbons (Fsp3) is 0.143. The quantitative estimate of drug-likeness (QED) is 0.740. The van der Waals surface area contributed by atoms with Crippen molar-refractivity contribution < 1.29 is 9.50 Å². The molecule has 98 valence electrons. The smallest absolute Gasteiger partial charge is 0.133 e. The van der Waals surface area contributed by atoms with Crippen LogP contribution in [0.5, 0.6) is 5.75 Å². The minimum Gasteiger partial charge on any atom is -0.507 e. The fourth-order valence-electron chi connectivity index (χ4n) is 2.42. The highest BCUT2D eigenvalue weighted by Gasteiger charge is 2.27. The van der Waals surface area contributed by atoms with Gasteiger partial charge in [0.15, 0.2) is 0 Å². The number of fused-ring (bicyclic) bond motifs is 1. The van der Waals surface area contributed by atoms with Crippen LogP contribution >= 0.6 is 31.9 Å². The monoisotopic (exact) mass is 385 g/mol. The van der Waals surface area contributed by atoms with Crippen molar-refractivity contribution in [1.29, 1.82) is 0 Å². The second kappa shape index (κ2) is 4.80. The molecule has 0 fully saturated rings. The average Bonchev–Trinajstić information content (AvgIpc) is 2.69. The zero-order chi connectivity index (χ0) is 13.6. The number of rotatable bonds is 1. The minimum atomic E-state index is -0.406. The molecule has 2 nitrogen and oxygen atoms in total. The summed E-state index contributed by atoms with van der Waals surface area (Å²) in [5.74, 6) is -0.438. The molecule has 1 unspecified atom stereocenters. The Morgan fingerprint density at radius 1 is 1.16 bits per heavy atom. The SMILES string of the molecule is Oc1cc(Br)cc(F)c1C1Cc2cc(Br)ccc2N1. The molecule has 0 saturated carbocycles. The molecule has 5 heteroatoms. The Labute approximate surface area is 126 Å². The van der Waals surface area contributed by atoms with Crippen LogP contribution in [0.25, 0.3) is 0 Å². The zero-order valence-electron chi connectivity index (χ0n) is 9.75. The Bertz CT molecular complexity index is 637. The van der Waals surface area contributed by atoms with Gasteiger partial charge in [-0.2, -0.15) is 0 Å². The lowest BCUT2D eigenvalue weighted by atomic mass is 10.0. The van der Waals surface area contributed by atoms with Crippen LogP contribution in [-0.2, 0) is 6.42 Å². The highest BCUT2D eigenvalue weighted by Crippen LogP contribution is 2.40. The lowest BCUT2D eigenvalue weighted by Crippen LogP contribution is -2.08. The van der Waals surface area contributed by atoms with E-state index in [2.05, 4.69) is 37.2 Å². The third-order valence-electron chi connectivity index (χ3n) is 3.24. The lowest BCUT2D eigenvalue weighted by Gasteiger charge is -2.14. The molecule has 0 spiro atoms. The summed E-state index contributed by atoms with van der Waals surface area (Å²) in [6, 6.07) is 8.54. The van der Waals surface area contributed by atoms with Crippen LogP contribution in [-0.4, -0.2) is 5.11 Å². The molecule has 0 bridgehead atoms. The second-order valence-corrected chi connectivity index (χ2v) is 6.35. The molecular formula is C14H10Br2FNO. The maximum Gasteiger partial charge on any atom is 0.133 e. The number of aromatic hydroxyl groups is 1. The van der Waals surface area contributed by atoms with E-state index in [1.807, 2.05) is 18.2 Å². The van der Waals surface area contributed by atoms with Crippen molar-refractivity contribution >= 4 is 37.5 Å². The van der Waals surface area contributed by atoms with Gasteiger partial charge >= 0.3 is 0 Å². The highest BCUT2D eigenvalue weighted by atomic mass is 79.9. The average molecular weight is 387 g/mol. The topological polar surface area (TPSA) is 32.3 Å². The Hall–Kier alpha value is -1.07. The molecule has 2 aromatic rings. The van der Waals surface area contributed by atoms with Crippen molar-refractivity contribution in [2.75, 3.05) is 5.32 Å². The van der Waals surface area contributed by atoms with E-state index >= 15 is 0 Å². The molecule has 2 aromatic carbocycles. The highest BCUT2D eigenvalue weighted by molar-refractivity contribution is 9.10. The van der Waals surface area contributed by atoms with Gasteiger partial charge in [-0.3, -0.25) is 0 Å². The van der Waals surface area contributed by atoms with Crippen molar-refractivity contribution in [2.24, 2.45) is 0 Å². The van der Waals surface area contributed by atoms with Crippen LogP contribution in [0.2, 0.25) is 0 Å². The van der Waals surface area contributed by atoms with E-state index in [0.717, 1.165) is 15.7 Å². The maximum absolute atomic E-state index is 14.0. The number of halogens is 3. The summed E-state index contributed by atoms with van der Waals surface area (Å²) in [6.45, 7) is 0. The first-order chi connectivity index (χ1) is 9.04. The van der Waals surface area contributed by atoms with Gasteiger partial charge in [0.2, 0.25) is 0 Å². The van der Waals surface area contributed by atoms with Crippen LogP contribution in [0.15, 0.2) is 39.3 Å². The molecule has 0 saturated heterocycles. The normalized spacial score (nSPS) is 17.1. The number of phenols is 1. The van der Waals surface area contributed by atoms with Gasteiger partial charge in [-0.1, -0.05) is 31.9 Å². The summed E-state index contributed by atoms with van der Waals surface area (Å²) in [4.78, 5) is 0. The molecule has 0 aromatic heterocycles. The summed E-state index contributed by atoms with van der Waals surface area (Å²) in [5.41, 5.74) is 2.41. The van der Waals surface area contributed by atoms with Crippen LogP contribution < -0.4 is 5.32 Å².